The average molecular weight is 359 g/mol. The van der Waals surface area contributed by atoms with Crippen LogP contribution in [0, 0.1) is 0 Å². The molecule has 0 saturated carbocycles. The van der Waals surface area contributed by atoms with Crippen LogP contribution < -0.4 is 5.32 Å². The minimum atomic E-state index is -1.16. The first-order valence-electron chi connectivity index (χ1n) is 8.77. The summed E-state index contributed by atoms with van der Waals surface area (Å²) in [4.78, 5) is 25.0. The van der Waals surface area contributed by atoms with Crippen molar-refractivity contribution >= 4 is 11.9 Å². The van der Waals surface area contributed by atoms with Gasteiger partial charge in [-0.15, -0.1) is 0 Å². The Morgan fingerprint density at radius 2 is 1.07 bits per heavy atom. The van der Waals surface area contributed by atoms with Gasteiger partial charge >= 0.3 is 5.97 Å². The standard InChI is InChI=1S/C23H21NO3/c1-17(21(25)26)24-22(27)23(18-11-5-2-6-12-18,19-13-7-3-8-14-19)20-15-9-4-10-16-20/h2-17H,1H3,(H,24,27)(H,25,26)/t17-/m1/s1. The lowest BCUT2D eigenvalue weighted by Crippen LogP contribution is -2.51. The third-order valence-corrected chi connectivity index (χ3v) is 4.68. The van der Waals surface area contributed by atoms with Crippen LogP contribution in [0.15, 0.2) is 91.0 Å². The van der Waals surface area contributed by atoms with Gasteiger partial charge in [-0.2, -0.15) is 0 Å². The lowest BCUT2D eigenvalue weighted by atomic mass is 9.68. The number of benzene rings is 3. The molecule has 3 aromatic carbocycles. The lowest BCUT2D eigenvalue weighted by Gasteiger charge is -2.35. The molecule has 3 rings (SSSR count). The van der Waals surface area contributed by atoms with Gasteiger partial charge in [-0.1, -0.05) is 91.0 Å². The number of nitrogens with one attached hydrogen (secondary N) is 1. The number of rotatable bonds is 6. The second-order valence-electron chi connectivity index (χ2n) is 6.38. The van der Waals surface area contributed by atoms with E-state index in [2.05, 4.69) is 5.32 Å². The molecule has 0 radical (unpaired) electrons. The zero-order valence-corrected chi connectivity index (χ0v) is 15.0. The molecule has 0 spiro atoms. The van der Waals surface area contributed by atoms with Crippen LogP contribution in [0.25, 0.3) is 0 Å². The molecule has 0 bridgehead atoms. The molecule has 0 saturated heterocycles. The summed E-state index contributed by atoms with van der Waals surface area (Å²) in [6.45, 7) is 1.46. The normalized spacial score (nSPS) is 12.2. The van der Waals surface area contributed by atoms with Crippen molar-refractivity contribution in [3.05, 3.63) is 108 Å². The fourth-order valence-corrected chi connectivity index (χ4v) is 3.32. The van der Waals surface area contributed by atoms with E-state index < -0.39 is 17.4 Å². The van der Waals surface area contributed by atoms with Crippen LogP contribution in [0.3, 0.4) is 0 Å². The van der Waals surface area contributed by atoms with Crippen LogP contribution in [-0.2, 0) is 15.0 Å². The molecule has 4 heteroatoms. The number of carbonyl (C=O) groups is 2. The van der Waals surface area contributed by atoms with E-state index in [1.165, 1.54) is 6.92 Å². The number of aliphatic carboxylic acids is 1. The van der Waals surface area contributed by atoms with Gasteiger partial charge in [0.05, 0.1) is 0 Å². The van der Waals surface area contributed by atoms with E-state index in [4.69, 9.17) is 0 Å². The average Bonchev–Trinajstić information content (AvgIpc) is 2.71. The van der Waals surface area contributed by atoms with Gasteiger partial charge in [-0.3, -0.25) is 9.59 Å². The van der Waals surface area contributed by atoms with Crippen molar-refractivity contribution in [2.75, 3.05) is 0 Å². The molecule has 1 atom stereocenters. The van der Waals surface area contributed by atoms with Crippen molar-refractivity contribution in [1.82, 2.24) is 5.32 Å². The van der Waals surface area contributed by atoms with Gasteiger partial charge < -0.3 is 10.4 Å². The highest BCUT2D eigenvalue weighted by Gasteiger charge is 2.44. The van der Waals surface area contributed by atoms with Crippen LogP contribution in [-0.4, -0.2) is 23.0 Å². The zero-order valence-electron chi connectivity index (χ0n) is 15.0. The smallest absolute Gasteiger partial charge is 0.325 e. The van der Waals surface area contributed by atoms with E-state index in [1.54, 1.807) is 0 Å². The first-order chi connectivity index (χ1) is 13.1. The summed E-state index contributed by atoms with van der Waals surface area (Å²) in [6, 6.07) is 27.3. The molecule has 0 heterocycles. The molecule has 2 N–H and O–H groups in total. The number of amides is 1. The molecular formula is C23H21NO3. The number of carbonyl (C=O) groups excluding carboxylic acids is 1. The summed E-state index contributed by atoms with van der Waals surface area (Å²) in [5, 5.41) is 12.0. The minimum absolute atomic E-state index is 0.374. The first kappa shape index (κ1) is 18.4. The van der Waals surface area contributed by atoms with Crippen molar-refractivity contribution in [3.8, 4) is 0 Å². The van der Waals surface area contributed by atoms with Crippen molar-refractivity contribution < 1.29 is 14.7 Å². The Bertz CT molecular complexity index is 811. The molecule has 136 valence electrons. The van der Waals surface area contributed by atoms with Crippen molar-refractivity contribution in [3.63, 3.8) is 0 Å². The molecule has 0 aliphatic carbocycles. The minimum Gasteiger partial charge on any atom is -0.480 e. The second kappa shape index (κ2) is 7.87. The number of carboxylic acid groups (broad SMARTS) is 1. The van der Waals surface area contributed by atoms with Crippen molar-refractivity contribution in [2.24, 2.45) is 0 Å². The van der Waals surface area contributed by atoms with Crippen LogP contribution in [0.4, 0.5) is 0 Å². The summed E-state index contributed by atoms with van der Waals surface area (Å²) in [5.41, 5.74) is 1.17. The first-order valence-corrected chi connectivity index (χ1v) is 8.77. The van der Waals surface area contributed by atoms with Crippen LogP contribution >= 0.6 is 0 Å². The second-order valence-corrected chi connectivity index (χ2v) is 6.38. The van der Waals surface area contributed by atoms with Gasteiger partial charge in [0.1, 0.15) is 11.5 Å². The van der Waals surface area contributed by atoms with Crippen LogP contribution in [0.2, 0.25) is 0 Å². The van der Waals surface area contributed by atoms with E-state index in [-0.39, 0.29) is 5.91 Å². The number of carboxylic acids is 1. The fourth-order valence-electron chi connectivity index (χ4n) is 3.32. The summed E-state index contributed by atoms with van der Waals surface area (Å²) in [6.07, 6.45) is 0. The number of hydrogen-bond donors (Lipinski definition) is 2. The lowest BCUT2D eigenvalue weighted by molar-refractivity contribution is -0.141. The molecule has 1 amide bonds. The molecule has 0 aromatic heterocycles. The molecular weight excluding hydrogens is 338 g/mol. The van der Waals surface area contributed by atoms with E-state index in [1.807, 2.05) is 91.0 Å². The van der Waals surface area contributed by atoms with Crippen molar-refractivity contribution in [2.45, 2.75) is 18.4 Å². The summed E-state index contributed by atoms with van der Waals surface area (Å²) < 4.78 is 0. The van der Waals surface area contributed by atoms with Gasteiger partial charge in [-0.05, 0) is 23.6 Å². The van der Waals surface area contributed by atoms with Gasteiger partial charge in [0.2, 0.25) is 5.91 Å². The Kier molecular flexibility index (Phi) is 5.36. The molecule has 0 aliphatic rings. The van der Waals surface area contributed by atoms with E-state index in [0.29, 0.717) is 0 Å². The molecule has 3 aromatic rings. The predicted octanol–water partition coefficient (Wildman–Crippen LogP) is 3.61. The summed E-state index contributed by atoms with van der Waals surface area (Å²) in [7, 11) is 0. The highest BCUT2D eigenvalue weighted by molar-refractivity contribution is 5.98. The Balaban J connectivity index is 2.29. The summed E-state index contributed by atoms with van der Waals surface area (Å²) in [5.74, 6) is -1.45. The predicted molar refractivity (Wildman–Crippen MR) is 104 cm³/mol. The Hall–Kier alpha value is -3.40. The Morgan fingerprint density at radius 3 is 1.37 bits per heavy atom. The van der Waals surface area contributed by atoms with Crippen LogP contribution in [0.1, 0.15) is 23.6 Å². The summed E-state index contributed by atoms with van der Waals surface area (Å²) >= 11 is 0. The Labute approximate surface area is 158 Å². The van der Waals surface area contributed by atoms with Gasteiger partial charge in [0.25, 0.3) is 0 Å². The monoisotopic (exact) mass is 359 g/mol. The number of hydrogen-bond acceptors (Lipinski definition) is 2. The molecule has 27 heavy (non-hydrogen) atoms. The molecule has 0 fully saturated rings. The van der Waals surface area contributed by atoms with E-state index in [0.717, 1.165) is 16.7 Å². The Morgan fingerprint density at radius 1 is 0.741 bits per heavy atom. The van der Waals surface area contributed by atoms with E-state index in [9.17, 15) is 14.7 Å². The quantitative estimate of drug-likeness (QED) is 0.661. The third kappa shape index (κ3) is 3.47. The molecule has 0 aliphatic heterocycles. The highest BCUT2D eigenvalue weighted by Crippen LogP contribution is 2.39. The molecule has 4 nitrogen and oxygen atoms in total. The van der Waals surface area contributed by atoms with Gasteiger partial charge in [-0.25, -0.2) is 0 Å². The highest BCUT2D eigenvalue weighted by atomic mass is 16.4. The zero-order chi connectivity index (χ0) is 19.3. The topological polar surface area (TPSA) is 66.4 Å². The fraction of sp³-hybridized carbons (Fsp3) is 0.130. The maximum Gasteiger partial charge on any atom is 0.325 e. The van der Waals surface area contributed by atoms with E-state index >= 15 is 0 Å². The molecule has 0 unspecified atom stereocenters. The maximum atomic E-state index is 13.6. The van der Waals surface area contributed by atoms with Gasteiger partial charge in [0.15, 0.2) is 0 Å². The SMILES string of the molecule is C[C@@H](NC(=O)C(c1ccccc1)(c1ccccc1)c1ccccc1)C(=O)O. The van der Waals surface area contributed by atoms with Gasteiger partial charge in [0, 0.05) is 0 Å². The third-order valence-electron chi connectivity index (χ3n) is 4.68. The van der Waals surface area contributed by atoms with Crippen LogP contribution in [0.5, 0.6) is 0 Å². The van der Waals surface area contributed by atoms with Crippen molar-refractivity contribution in [1.29, 1.82) is 0 Å². The maximum absolute atomic E-state index is 13.6. The largest absolute Gasteiger partial charge is 0.480 e.